The molecule has 0 bridgehead atoms. The van der Waals surface area contributed by atoms with E-state index in [9.17, 15) is 14.7 Å². The summed E-state index contributed by atoms with van der Waals surface area (Å²) in [5, 5.41) is 14.5. The molecule has 1 saturated heterocycles. The summed E-state index contributed by atoms with van der Waals surface area (Å²) >= 11 is 0. The first kappa shape index (κ1) is 27.0. The Kier molecular flexibility index (Phi) is 8.83. The van der Waals surface area contributed by atoms with Crippen LogP contribution in [0.25, 0.3) is 11.1 Å². The lowest BCUT2D eigenvalue weighted by atomic mass is 9.88. The molecule has 2 aliphatic heterocycles. The first-order valence-electron chi connectivity index (χ1n) is 12.5. The minimum Gasteiger partial charge on any atom is -0.465 e. The number of amides is 2. The molecule has 8 nitrogen and oxygen atoms in total. The number of carbonyl (C=O) groups excluding carboxylic acids is 1. The van der Waals surface area contributed by atoms with Gasteiger partial charge >= 0.3 is 6.09 Å². The van der Waals surface area contributed by atoms with E-state index >= 15 is 0 Å². The monoisotopic (exact) mass is 503 g/mol. The Labute approximate surface area is 214 Å². The molecular formula is C26H38ClN5O3. The Morgan fingerprint density at radius 2 is 1.86 bits per heavy atom. The lowest BCUT2D eigenvalue weighted by molar-refractivity contribution is -0.117. The van der Waals surface area contributed by atoms with E-state index in [2.05, 4.69) is 16.2 Å². The second-order valence-corrected chi connectivity index (χ2v) is 9.94. The van der Waals surface area contributed by atoms with Gasteiger partial charge in [0.25, 0.3) is 0 Å². The molecule has 2 atom stereocenters. The van der Waals surface area contributed by atoms with Crippen molar-refractivity contribution in [1.82, 2.24) is 19.6 Å². The number of aromatic nitrogens is 2. The van der Waals surface area contributed by atoms with Crippen molar-refractivity contribution >= 4 is 30.1 Å². The number of nitrogens with zero attached hydrogens (tertiary/aromatic N) is 5. The Morgan fingerprint density at radius 3 is 2.49 bits per heavy atom. The van der Waals surface area contributed by atoms with Crippen LogP contribution < -0.4 is 4.90 Å². The molecule has 1 aromatic carbocycles. The summed E-state index contributed by atoms with van der Waals surface area (Å²) < 4.78 is 1.99. The highest BCUT2D eigenvalue weighted by Crippen LogP contribution is 2.43. The molecule has 35 heavy (non-hydrogen) atoms. The van der Waals surface area contributed by atoms with Gasteiger partial charge in [-0.05, 0) is 76.4 Å². The standard InChI is InChI=1S/C26H37N5O3.ClH/c1-18(2)30(26(33)34)25-14-19(3)31(20(4)32)24-9-8-21(15-23(24)25)22-16-27-29(17-22)13-12-28-10-6-5-7-11-28;/h8-9,15-19,25H,5-7,10-14H2,1-4H3,(H,33,34);1H/t19-,25+;/m0./s1. The normalized spacial score (nSPS) is 20.3. The average Bonchev–Trinajstić information content (AvgIpc) is 3.26. The van der Waals surface area contributed by atoms with E-state index in [1.807, 2.05) is 49.8 Å². The lowest BCUT2D eigenvalue weighted by Gasteiger charge is -2.43. The van der Waals surface area contributed by atoms with Crippen molar-refractivity contribution in [2.45, 2.75) is 78.0 Å². The van der Waals surface area contributed by atoms with E-state index in [0.717, 1.165) is 35.5 Å². The van der Waals surface area contributed by atoms with Crippen LogP contribution in [0.15, 0.2) is 30.6 Å². The molecule has 2 aromatic rings. The van der Waals surface area contributed by atoms with Crippen LogP contribution in [-0.4, -0.2) is 68.4 Å². The van der Waals surface area contributed by atoms with Gasteiger partial charge in [0.15, 0.2) is 0 Å². The maximum Gasteiger partial charge on any atom is 0.408 e. The van der Waals surface area contributed by atoms with Gasteiger partial charge in [0, 0.05) is 43.0 Å². The van der Waals surface area contributed by atoms with Crippen molar-refractivity contribution in [3.8, 4) is 11.1 Å². The number of likely N-dealkylation sites (tertiary alicyclic amines) is 1. The van der Waals surface area contributed by atoms with Crippen LogP contribution in [-0.2, 0) is 11.3 Å². The zero-order valence-electron chi connectivity index (χ0n) is 21.2. The topological polar surface area (TPSA) is 81.9 Å². The van der Waals surface area contributed by atoms with E-state index in [1.54, 1.807) is 11.8 Å². The summed E-state index contributed by atoms with van der Waals surface area (Å²) in [6.07, 6.45) is 7.45. The summed E-state index contributed by atoms with van der Waals surface area (Å²) in [7, 11) is 0. The molecule has 0 aliphatic carbocycles. The molecule has 0 spiro atoms. The van der Waals surface area contributed by atoms with Gasteiger partial charge in [-0.1, -0.05) is 12.5 Å². The molecule has 1 fully saturated rings. The molecular weight excluding hydrogens is 466 g/mol. The minimum absolute atomic E-state index is 0. The highest BCUT2D eigenvalue weighted by Gasteiger charge is 2.38. The lowest BCUT2D eigenvalue weighted by Crippen LogP contribution is -2.48. The van der Waals surface area contributed by atoms with Crippen molar-refractivity contribution in [1.29, 1.82) is 0 Å². The van der Waals surface area contributed by atoms with Crippen molar-refractivity contribution in [2.24, 2.45) is 0 Å². The quantitative estimate of drug-likeness (QED) is 0.597. The third kappa shape index (κ3) is 5.81. The third-order valence-corrected chi connectivity index (χ3v) is 7.16. The number of benzene rings is 1. The molecule has 0 radical (unpaired) electrons. The van der Waals surface area contributed by atoms with Crippen molar-refractivity contribution in [3.63, 3.8) is 0 Å². The van der Waals surface area contributed by atoms with Crippen LogP contribution >= 0.6 is 12.4 Å². The van der Waals surface area contributed by atoms with Crippen LogP contribution in [0, 0.1) is 0 Å². The smallest absolute Gasteiger partial charge is 0.408 e. The first-order chi connectivity index (χ1) is 16.3. The SMILES string of the molecule is CC(=O)N1c2ccc(-c3cnn(CCN4CCCCC4)c3)cc2[C@H](N(C(=O)O)C(C)C)C[C@@H]1C.Cl. The summed E-state index contributed by atoms with van der Waals surface area (Å²) in [5.74, 6) is -0.0306. The highest BCUT2D eigenvalue weighted by atomic mass is 35.5. The molecule has 0 unspecified atom stereocenters. The Bertz CT molecular complexity index is 1030. The van der Waals surface area contributed by atoms with Gasteiger partial charge in [-0.3, -0.25) is 14.4 Å². The van der Waals surface area contributed by atoms with E-state index in [1.165, 1.54) is 37.3 Å². The zero-order valence-corrected chi connectivity index (χ0v) is 22.0. The van der Waals surface area contributed by atoms with Crippen LogP contribution in [0.5, 0.6) is 0 Å². The van der Waals surface area contributed by atoms with Crippen LogP contribution in [0.2, 0.25) is 0 Å². The molecule has 9 heteroatoms. The van der Waals surface area contributed by atoms with Gasteiger partial charge < -0.3 is 14.9 Å². The molecule has 1 aromatic heterocycles. The van der Waals surface area contributed by atoms with E-state index in [0.29, 0.717) is 6.42 Å². The number of anilines is 1. The fourth-order valence-corrected chi connectivity index (χ4v) is 5.53. The van der Waals surface area contributed by atoms with Crippen molar-refractivity contribution < 1.29 is 14.7 Å². The van der Waals surface area contributed by atoms with Gasteiger partial charge in [0.2, 0.25) is 5.91 Å². The Balaban J connectivity index is 0.00000342. The van der Waals surface area contributed by atoms with Crippen LogP contribution in [0.4, 0.5) is 10.5 Å². The fraction of sp³-hybridized carbons (Fsp3) is 0.577. The predicted molar refractivity (Wildman–Crippen MR) is 140 cm³/mol. The number of carboxylic acid groups (broad SMARTS) is 1. The number of piperidine rings is 1. The molecule has 0 saturated carbocycles. The predicted octanol–water partition coefficient (Wildman–Crippen LogP) is 5.03. The molecule has 2 aliphatic rings. The molecule has 1 N–H and O–H groups in total. The highest BCUT2D eigenvalue weighted by molar-refractivity contribution is 5.94. The number of hydrogen-bond acceptors (Lipinski definition) is 4. The molecule has 3 heterocycles. The van der Waals surface area contributed by atoms with E-state index in [-0.39, 0.29) is 36.4 Å². The summed E-state index contributed by atoms with van der Waals surface area (Å²) in [4.78, 5) is 30.4. The maximum atomic E-state index is 12.5. The first-order valence-corrected chi connectivity index (χ1v) is 12.5. The van der Waals surface area contributed by atoms with E-state index < -0.39 is 6.09 Å². The molecule has 4 rings (SSSR count). The number of carbonyl (C=O) groups is 2. The van der Waals surface area contributed by atoms with Gasteiger partial charge in [0.05, 0.1) is 18.8 Å². The summed E-state index contributed by atoms with van der Waals surface area (Å²) in [6, 6.07) is 5.45. The molecule has 2 amide bonds. The minimum atomic E-state index is -0.939. The van der Waals surface area contributed by atoms with Gasteiger partial charge in [0.1, 0.15) is 0 Å². The fourth-order valence-electron chi connectivity index (χ4n) is 5.53. The van der Waals surface area contributed by atoms with Crippen molar-refractivity contribution in [2.75, 3.05) is 24.5 Å². The number of hydrogen-bond donors (Lipinski definition) is 1. The summed E-state index contributed by atoms with van der Waals surface area (Å²) in [5.41, 5.74) is 3.66. The Morgan fingerprint density at radius 1 is 1.14 bits per heavy atom. The zero-order chi connectivity index (χ0) is 24.4. The van der Waals surface area contributed by atoms with Gasteiger partial charge in [-0.25, -0.2) is 4.79 Å². The third-order valence-electron chi connectivity index (χ3n) is 7.16. The summed E-state index contributed by atoms with van der Waals surface area (Å²) in [6.45, 7) is 11.5. The number of rotatable bonds is 6. The second kappa shape index (κ2) is 11.4. The van der Waals surface area contributed by atoms with Crippen molar-refractivity contribution in [3.05, 3.63) is 36.2 Å². The largest absolute Gasteiger partial charge is 0.465 e. The maximum absolute atomic E-state index is 12.5. The van der Waals surface area contributed by atoms with E-state index in [4.69, 9.17) is 0 Å². The van der Waals surface area contributed by atoms with Gasteiger partial charge in [-0.2, -0.15) is 5.10 Å². The Hall–Kier alpha value is -2.58. The van der Waals surface area contributed by atoms with Crippen LogP contribution in [0.1, 0.15) is 65.0 Å². The van der Waals surface area contributed by atoms with Gasteiger partial charge in [-0.15, -0.1) is 12.4 Å². The van der Waals surface area contributed by atoms with Crippen LogP contribution in [0.3, 0.4) is 0 Å². The number of halogens is 1. The number of fused-ring (bicyclic) bond motifs is 1. The second-order valence-electron chi connectivity index (χ2n) is 9.94. The average molecular weight is 504 g/mol. The molecule has 192 valence electrons.